The molecule has 0 unspecified atom stereocenters. The molecule has 0 nitrogen and oxygen atoms in total. The third-order valence-corrected chi connectivity index (χ3v) is 6.94. The van der Waals surface area contributed by atoms with Gasteiger partial charge in [-0.25, -0.2) is 0 Å². The van der Waals surface area contributed by atoms with Crippen molar-refractivity contribution >= 4 is 0 Å². The van der Waals surface area contributed by atoms with Crippen molar-refractivity contribution in [3.8, 4) is 0 Å². The van der Waals surface area contributed by atoms with E-state index in [0.717, 1.165) is 23.7 Å². The lowest BCUT2D eigenvalue weighted by molar-refractivity contribution is 0.259. The Bertz CT molecular complexity index is 481. The quantitative estimate of drug-likeness (QED) is 0.482. The van der Waals surface area contributed by atoms with Gasteiger partial charge in [-0.05, 0) is 73.3 Å². The monoisotopic (exact) mass is 324 g/mol. The lowest BCUT2D eigenvalue weighted by Gasteiger charge is -2.28. The smallest absolute Gasteiger partial charge is 0.0162 e. The molecule has 0 heteroatoms. The van der Waals surface area contributed by atoms with E-state index in [2.05, 4.69) is 43.8 Å². The Morgan fingerprint density at radius 2 is 1.50 bits per heavy atom. The van der Waals surface area contributed by atoms with Crippen molar-refractivity contribution < 1.29 is 0 Å². The number of hydrogen-bond acceptors (Lipinski definition) is 0. The molecule has 2 saturated carbocycles. The first-order valence-corrected chi connectivity index (χ1v) is 10.5. The first kappa shape index (κ1) is 17.8. The molecule has 0 bridgehead atoms. The maximum Gasteiger partial charge on any atom is -0.0162 e. The zero-order valence-electron chi connectivity index (χ0n) is 15.7. The third-order valence-electron chi connectivity index (χ3n) is 6.94. The zero-order chi connectivity index (χ0) is 16.8. The summed E-state index contributed by atoms with van der Waals surface area (Å²) in [5.74, 6) is 3.57. The highest BCUT2D eigenvalue weighted by Crippen LogP contribution is 2.36. The second-order valence-electron chi connectivity index (χ2n) is 8.42. The van der Waals surface area contributed by atoms with Gasteiger partial charge in [0.15, 0.2) is 0 Å². The third kappa shape index (κ3) is 4.74. The predicted octanol–water partition coefficient (Wildman–Crippen LogP) is 7.30. The summed E-state index contributed by atoms with van der Waals surface area (Å²) in [4.78, 5) is 0. The molecule has 24 heavy (non-hydrogen) atoms. The molecule has 3 rings (SSSR count). The van der Waals surface area contributed by atoms with Gasteiger partial charge in [-0.1, -0.05) is 69.4 Å². The molecule has 0 aliphatic heterocycles. The minimum atomic E-state index is 0.767. The van der Waals surface area contributed by atoms with E-state index in [-0.39, 0.29) is 0 Å². The van der Waals surface area contributed by atoms with Gasteiger partial charge in [-0.15, -0.1) is 6.58 Å². The molecule has 0 heterocycles. The van der Waals surface area contributed by atoms with Gasteiger partial charge in [0, 0.05) is 0 Å². The van der Waals surface area contributed by atoms with Gasteiger partial charge in [0.05, 0.1) is 0 Å². The largest absolute Gasteiger partial charge is 0.103 e. The molecule has 0 saturated heterocycles. The molecule has 2 fully saturated rings. The van der Waals surface area contributed by atoms with Crippen LogP contribution in [0.3, 0.4) is 0 Å². The summed E-state index contributed by atoms with van der Waals surface area (Å²) in [5, 5.41) is 0. The van der Waals surface area contributed by atoms with Gasteiger partial charge in [0.25, 0.3) is 0 Å². The van der Waals surface area contributed by atoms with Gasteiger partial charge in [-0.3, -0.25) is 0 Å². The van der Waals surface area contributed by atoms with Gasteiger partial charge in [0.1, 0.15) is 0 Å². The van der Waals surface area contributed by atoms with Crippen LogP contribution in [0.1, 0.15) is 88.2 Å². The Hall–Kier alpha value is -1.04. The Morgan fingerprint density at radius 3 is 2.08 bits per heavy atom. The highest BCUT2D eigenvalue weighted by molar-refractivity contribution is 5.26. The van der Waals surface area contributed by atoms with Crippen LogP contribution >= 0.6 is 0 Å². The summed E-state index contributed by atoms with van der Waals surface area (Å²) in [6.07, 6.45) is 17.5. The minimum Gasteiger partial charge on any atom is -0.103 e. The van der Waals surface area contributed by atoms with Crippen LogP contribution in [0.4, 0.5) is 0 Å². The zero-order valence-corrected chi connectivity index (χ0v) is 15.7. The maximum atomic E-state index is 3.96. The van der Waals surface area contributed by atoms with Gasteiger partial charge in [-0.2, -0.15) is 0 Å². The number of hydrogen-bond donors (Lipinski definition) is 0. The summed E-state index contributed by atoms with van der Waals surface area (Å²) >= 11 is 0. The Labute approximate surface area is 149 Å². The molecule has 0 amide bonds. The van der Waals surface area contributed by atoms with E-state index >= 15 is 0 Å². The summed E-state index contributed by atoms with van der Waals surface area (Å²) < 4.78 is 0. The average Bonchev–Trinajstić information content (AvgIpc) is 2.67. The summed E-state index contributed by atoms with van der Waals surface area (Å²) in [6, 6.07) is 9.66. The highest BCUT2D eigenvalue weighted by Gasteiger charge is 2.21. The lowest BCUT2D eigenvalue weighted by atomic mass is 9.78. The fourth-order valence-corrected chi connectivity index (χ4v) is 4.94. The summed E-state index contributed by atoms with van der Waals surface area (Å²) in [5.41, 5.74) is 3.13. The number of rotatable bonds is 6. The van der Waals surface area contributed by atoms with Crippen molar-refractivity contribution in [2.75, 3.05) is 0 Å². The fourth-order valence-electron chi connectivity index (χ4n) is 4.94. The Morgan fingerprint density at radius 1 is 0.875 bits per heavy atom. The first-order chi connectivity index (χ1) is 11.8. The molecule has 2 aliphatic rings. The van der Waals surface area contributed by atoms with Crippen LogP contribution < -0.4 is 0 Å². The first-order valence-electron chi connectivity index (χ1n) is 10.5. The second kappa shape index (κ2) is 8.88. The van der Waals surface area contributed by atoms with Crippen molar-refractivity contribution in [3.05, 3.63) is 48.0 Å². The van der Waals surface area contributed by atoms with Gasteiger partial charge in [0.2, 0.25) is 0 Å². The molecule has 2 aliphatic carbocycles. The minimum absolute atomic E-state index is 0.767. The molecule has 0 spiro atoms. The van der Waals surface area contributed by atoms with Crippen LogP contribution in [0, 0.1) is 17.8 Å². The van der Waals surface area contributed by atoms with Crippen molar-refractivity contribution in [2.45, 2.75) is 83.5 Å². The molecular formula is C24H36. The topological polar surface area (TPSA) is 0 Å². The van der Waals surface area contributed by atoms with Crippen molar-refractivity contribution in [3.63, 3.8) is 0 Å². The molecule has 132 valence electrons. The maximum absolute atomic E-state index is 3.96. The SMILES string of the molecule is C=CC1CCC(c2ccc(CCC3CCC(CC)CC3)cc2)CC1. The Kier molecular flexibility index (Phi) is 6.58. The molecule has 1 aromatic rings. The normalized spacial score (nSPS) is 30.9. The average molecular weight is 325 g/mol. The Balaban J connectivity index is 1.44. The van der Waals surface area contributed by atoms with Crippen LogP contribution in [0.2, 0.25) is 0 Å². The van der Waals surface area contributed by atoms with Gasteiger partial charge >= 0.3 is 0 Å². The van der Waals surface area contributed by atoms with Crippen LogP contribution in [0.25, 0.3) is 0 Å². The van der Waals surface area contributed by atoms with E-state index < -0.39 is 0 Å². The molecule has 0 atom stereocenters. The molecule has 1 aromatic carbocycles. The second-order valence-corrected chi connectivity index (χ2v) is 8.42. The van der Waals surface area contributed by atoms with Crippen molar-refractivity contribution in [2.24, 2.45) is 17.8 Å². The highest BCUT2D eigenvalue weighted by atomic mass is 14.3. The number of benzene rings is 1. The van der Waals surface area contributed by atoms with E-state index in [1.54, 1.807) is 11.1 Å². The standard InChI is InChI=1S/C24H36/c1-3-19-5-7-21(8-6-19)9-10-22-13-17-24(18-14-22)23-15-11-20(4-2)12-16-23/h4,13-14,17-21,23H,2-3,5-12,15-16H2,1H3. The van der Waals surface area contributed by atoms with E-state index in [9.17, 15) is 0 Å². The molecule has 0 N–H and O–H groups in total. The fraction of sp³-hybridized carbons (Fsp3) is 0.667. The summed E-state index contributed by atoms with van der Waals surface area (Å²) in [6.45, 7) is 6.32. The lowest BCUT2D eigenvalue weighted by Crippen LogP contribution is -2.14. The van der Waals surface area contributed by atoms with Gasteiger partial charge < -0.3 is 0 Å². The number of allylic oxidation sites excluding steroid dienone is 1. The van der Waals surface area contributed by atoms with Crippen LogP contribution in [-0.4, -0.2) is 0 Å². The predicted molar refractivity (Wildman–Crippen MR) is 105 cm³/mol. The van der Waals surface area contributed by atoms with E-state index in [1.165, 1.54) is 70.6 Å². The van der Waals surface area contributed by atoms with Crippen LogP contribution in [0.15, 0.2) is 36.9 Å². The molecule has 0 radical (unpaired) electrons. The molecular weight excluding hydrogens is 288 g/mol. The van der Waals surface area contributed by atoms with E-state index in [4.69, 9.17) is 0 Å². The van der Waals surface area contributed by atoms with Crippen LogP contribution in [0.5, 0.6) is 0 Å². The van der Waals surface area contributed by atoms with Crippen molar-refractivity contribution in [1.82, 2.24) is 0 Å². The number of aryl methyl sites for hydroxylation is 1. The summed E-state index contributed by atoms with van der Waals surface area (Å²) in [7, 11) is 0. The molecule has 0 aromatic heterocycles. The van der Waals surface area contributed by atoms with Crippen molar-refractivity contribution in [1.29, 1.82) is 0 Å². The van der Waals surface area contributed by atoms with E-state index in [0.29, 0.717) is 0 Å². The van der Waals surface area contributed by atoms with E-state index in [1.807, 2.05) is 0 Å². The van der Waals surface area contributed by atoms with Crippen LogP contribution in [-0.2, 0) is 6.42 Å².